The van der Waals surface area contributed by atoms with Gasteiger partial charge in [0.2, 0.25) is 0 Å². The van der Waals surface area contributed by atoms with Crippen LogP contribution in [0.25, 0.3) is 21.8 Å². The van der Waals surface area contributed by atoms with Crippen LogP contribution in [0.15, 0.2) is 24.4 Å². The smallest absolute Gasteiger partial charge is 0.354 e. The second-order valence-corrected chi connectivity index (χ2v) is 5.13. The summed E-state index contributed by atoms with van der Waals surface area (Å²) in [6, 6.07) is 6.04. The van der Waals surface area contributed by atoms with E-state index in [9.17, 15) is 9.90 Å². The lowest BCUT2D eigenvalue weighted by molar-refractivity contribution is 0.0690. The van der Waals surface area contributed by atoms with Gasteiger partial charge in [0.1, 0.15) is 0 Å². The van der Waals surface area contributed by atoms with Crippen LogP contribution in [-0.4, -0.2) is 28.2 Å². The van der Waals surface area contributed by atoms with Gasteiger partial charge in [-0.3, -0.25) is 0 Å². The van der Waals surface area contributed by atoms with Crippen LogP contribution in [0.3, 0.4) is 0 Å². The number of aromatic nitrogens is 2. The Morgan fingerprint density at radius 3 is 2.81 bits per heavy atom. The molecule has 0 saturated carbocycles. The highest BCUT2D eigenvalue weighted by Crippen LogP contribution is 2.31. The number of aromatic amines is 1. The number of methoxy groups -OCH3 is 1. The van der Waals surface area contributed by atoms with E-state index in [1.165, 1.54) is 0 Å². The highest BCUT2D eigenvalue weighted by Gasteiger charge is 2.16. The van der Waals surface area contributed by atoms with Gasteiger partial charge < -0.3 is 14.8 Å². The summed E-state index contributed by atoms with van der Waals surface area (Å²) in [4.78, 5) is 18.5. The first-order valence-electron chi connectivity index (χ1n) is 6.70. The Balaban J connectivity index is 2.36. The molecule has 1 unspecified atom stereocenters. The number of aromatic carboxylic acids is 1. The van der Waals surface area contributed by atoms with E-state index in [-0.39, 0.29) is 11.8 Å². The van der Waals surface area contributed by atoms with E-state index in [0.717, 1.165) is 27.4 Å². The number of aryl methyl sites for hydroxylation is 1. The summed E-state index contributed by atoms with van der Waals surface area (Å²) in [5.74, 6) is -1.01. The highest BCUT2D eigenvalue weighted by molar-refractivity contribution is 6.10. The molecular weight excluding hydrogens is 268 g/mol. The lowest BCUT2D eigenvalue weighted by Crippen LogP contribution is -2.03. The molecule has 5 nitrogen and oxygen atoms in total. The fraction of sp³-hybridized carbons (Fsp3) is 0.250. The van der Waals surface area contributed by atoms with Crippen molar-refractivity contribution in [3.8, 4) is 0 Å². The van der Waals surface area contributed by atoms with E-state index in [4.69, 9.17) is 4.74 Å². The summed E-state index contributed by atoms with van der Waals surface area (Å²) in [6.45, 7) is 3.77. The van der Waals surface area contributed by atoms with Crippen LogP contribution in [0.2, 0.25) is 0 Å². The standard InChI is InChI=1S/C16H16N2O3/c1-8-14-11-6-10(9(2)21-3)4-5-12(11)18-13(14)7-17-15(8)16(19)20/h4-7,9,18H,1-3H3,(H,19,20). The van der Waals surface area contributed by atoms with Crippen LogP contribution in [0.4, 0.5) is 0 Å². The number of ether oxygens (including phenoxy) is 1. The van der Waals surface area contributed by atoms with Gasteiger partial charge in [-0.05, 0) is 37.1 Å². The lowest BCUT2D eigenvalue weighted by Gasteiger charge is -2.09. The van der Waals surface area contributed by atoms with Gasteiger partial charge in [-0.1, -0.05) is 6.07 Å². The van der Waals surface area contributed by atoms with Gasteiger partial charge in [0.15, 0.2) is 5.69 Å². The Bertz CT molecular complexity index is 851. The molecule has 0 spiro atoms. The third-order valence-corrected chi connectivity index (χ3v) is 3.93. The summed E-state index contributed by atoms with van der Waals surface area (Å²) in [5.41, 5.74) is 3.63. The van der Waals surface area contributed by atoms with E-state index in [2.05, 4.69) is 9.97 Å². The van der Waals surface area contributed by atoms with Gasteiger partial charge in [-0.15, -0.1) is 0 Å². The first-order chi connectivity index (χ1) is 10.0. The van der Waals surface area contributed by atoms with Gasteiger partial charge in [0, 0.05) is 23.4 Å². The average molecular weight is 284 g/mol. The van der Waals surface area contributed by atoms with Crippen molar-refractivity contribution in [2.24, 2.45) is 0 Å². The van der Waals surface area contributed by atoms with Crippen LogP contribution in [0.1, 0.15) is 34.6 Å². The van der Waals surface area contributed by atoms with E-state index in [1.807, 2.05) is 25.1 Å². The molecule has 0 aliphatic heterocycles. The second-order valence-electron chi connectivity index (χ2n) is 5.13. The molecule has 0 fully saturated rings. The summed E-state index contributed by atoms with van der Waals surface area (Å²) in [6.07, 6.45) is 1.56. The number of carboxylic acids is 1. The molecule has 2 aromatic heterocycles. The Labute approximate surface area is 121 Å². The van der Waals surface area contributed by atoms with E-state index < -0.39 is 5.97 Å². The summed E-state index contributed by atoms with van der Waals surface area (Å²) in [5, 5.41) is 11.1. The number of hydrogen-bond donors (Lipinski definition) is 2. The molecule has 0 aliphatic rings. The lowest BCUT2D eigenvalue weighted by atomic mass is 10.0. The number of carboxylic acid groups (broad SMARTS) is 1. The van der Waals surface area contributed by atoms with Crippen molar-refractivity contribution >= 4 is 27.8 Å². The monoisotopic (exact) mass is 284 g/mol. The molecule has 0 bridgehead atoms. The Morgan fingerprint density at radius 2 is 2.14 bits per heavy atom. The molecule has 21 heavy (non-hydrogen) atoms. The van der Waals surface area contributed by atoms with Crippen LogP contribution in [0.5, 0.6) is 0 Å². The number of benzene rings is 1. The summed E-state index contributed by atoms with van der Waals surface area (Å²) < 4.78 is 5.35. The molecule has 0 saturated heterocycles. The zero-order valence-electron chi connectivity index (χ0n) is 12.1. The Kier molecular flexibility index (Phi) is 3.14. The number of hydrogen-bond acceptors (Lipinski definition) is 3. The normalized spacial score (nSPS) is 12.9. The second kappa shape index (κ2) is 4.86. The van der Waals surface area contributed by atoms with E-state index >= 15 is 0 Å². The maximum atomic E-state index is 11.3. The minimum Gasteiger partial charge on any atom is -0.477 e. The fourth-order valence-electron chi connectivity index (χ4n) is 2.68. The minimum absolute atomic E-state index is 0.0135. The quantitative estimate of drug-likeness (QED) is 0.772. The predicted octanol–water partition coefficient (Wildman–Crippen LogP) is 3.43. The third kappa shape index (κ3) is 2.06. The van der Waals surface area contributed by atoms with Gasteiger partial charge in [0.05, 0.1) is 17.8 Å². The van der Waals surface area contributed by atoms with Crippen molar-refractivity contribution in [3.63, 3.8) is 0 Å². The molecule has 0 radical (unpaired) electrons. The molecule has 5 heteroatoms. The molecule has 2 N–H and O–H groups in total. The van der Waals surface area contributed by atoms with Gasteiger partial charge >= 0.3 is 5.97 Å². The molecular formula is C16H16N2O3. The largest absolute Gasteiger partial charge is 0.477 e. The average Bonchev–Trinajstić information content (AvgIpc) is 2.84. The first-order valence-corrected chi connectivity index (χ1v) is 6.70. The van der Waals surface area contributed by atoms with Crippen molar-refractivity contribution < 1.29 is 14.6 Å². The van der Waals surface area contributed by atoms with E-state index in [1.54, 1.807) is 20.2 Å². The fourth-order valence-corrected chi connectivity index (χ4v) is 2.68. The number of nitrogens with one attached hydrogen (secondary N) is 1. The predicted molar refractivity (Wildman–Crippen MR) is 80.7 cm³/mol. The minimum atomic E-state index is -1.01. The molecule has 0 amide bonds. The maximum absolute atomic E-state index is 11.3. The number of H-pyrrole nitrogens is 1. The summed E-state index contributed by atoms with van der Waals surface area (Å²) in [7, 11) is 1.67. The topological polar surface area (TPSA) is 75.2 Å². The molecule has 3 aromatic rings. The number of carbonyl (C=O) groups is 1. The Morgan fingerprint density at radius 1 is 1.38 bits per heavy atom. The number of fused-ring (bicyclic) bond motifs is 3. The van der Waals surface area contributed by atoms with Gasteiger partial charge in [-0.2, -0.15) is 0 Å². The van der Waals surface area contributed by atoms with Gasteiger partial charge in [-0.25, -0.2) is 9.78 Å². The molecule has 108 valence electrons. The van der Waals surface area contributed by atoms with Crippen molar-refractivity contribution in [1.82, 2.24) is 9.97 Å². The first kappa shape index (κ1) is 13.6. The van der Waals surface area contributed by atoms with Crippen molar-refractivity contribution in [2.45, 2.75) is 20.0 Å². The van der Waals surface area contributed by atoms with Crippen LogP contribution in [-0.2, 0) is 4.74 Å². The van der Waals surface area contributed by atoms with Crippen molar-refractivity contribution in [2.75, 3.05) is 7.11 Å². The Hall–Kier alpha value is -2.40. The molecule has 1 aromatic carbocycles. The molecule has 3 rings (SSSR count). The van der Waals surface area contributed by atoms with Crippen LogP contribution in [0, 0.1) is 6.92 Å². The van der Waals surface area contributed by atoms with E-state index in [0.29, 0.717) is 5.56 Å². The van der Waals surface area contributed by atoms with Crippen LogP contribution < -0.4 is 0 Å². The van der Waals surface area contributed by atoms with Gasteiger partial charge in [0.25, 0.3) is 0 Å². The maximum Gasteiger partial charge on any atom is 0.354 e. The third-order valence-electron chi connectivity index (χ3n) is 3.93. The number of pyridine rings is 1. The van der Waals surface area contributed by atoms with Crippen molar-refractivity contribution in [1.29, 1.82) is 0 Å². The SMILES string of the molecule is COC(C)c1ccc2[nH]c3cnc(C(=O)O)c(C)c3c2c1. The zero-order valence-corrected chi connectivity index (χ0v) is 12.1. The summed E-state index contributed by atoms with van der Waals surface area (Å²) >= 11 is 0. The number of rotatable bonds is 3. The van der Waals surface area contributed by atoms with Crippen molar-refractivity contribution in [3.05, 3.63) is 41.2 Å². The highest BCUT2D eigenvalue weighted by atomic mass is 16.5. The number of nitrogens with zero attached hydrogens (tertiary/aromatic N) is 1. The molecule has 1 atom stereocenters. The molecule has 2 heterocycles. The van der Waals surface area contributed by atoms with Crippen LogP contribution >= 0.6 is 0 Å². The molecule has 0 aliphatic carbocycles. The zero-order chi connectivity index (χ0) is 15.1.